The van der Waals surface area contributed by atoms with E-state index in [4.69, 9.17) is 0 Å². The summed E-state index contributed by atoms with van der Waals surface area (Å²) < 4.78 is 0. The Morgan fingerprint density at radius 3 is 2.36 bits per heavy atom. The van der Waals surface area contributed by atoms with Gasteiger partial charge in [0.05, 0.1) is 6.54 Å². The van der Waals surface area contributed by atoms with Crippen LogP contribution in [-0.2, 0) is 17.6 Å². The van der Waals surface area contributed by atoms with E-state index in [0.29, 0.717) is 5.56 Å². The number of benzene rings is 2. The van der Waals surface area contributed by atoms with E-state index in [1.54, 1.807) is 0 Å². The summed E-state index contributed by atoms with van der Waals surface area (Å²) in [6.45, 7) is 3.87. The van der Waals surface area contributed by atoms with Gasteiger partial charge in [-0.05, 0) is 73.9 Å². The smallest absolute Gasteiger partial charge is 0.251 e. The molecule has 1 aliphatic carbocycles. The highest BCUT2D eigenvalue weighted by molar-refractivity contribution is 6.00. The van der Waals surface area contributed by atoms with Gasteiger partial charge < -0.3 is 10.6 Å². The van der Waals surface area contributed by atoms with E-state index in [2.05, 4.69) is 10.6 Å². The van der Waals surface area contributed by atoms with Gasteiger partial charge in [0.25, 0.3) is 5.91 Å². The minimum Gasteiger partial charge on any atom is -0.343 e. The molecule has 2 aromatic rings. The molecule has 0 aliphatic heterocycles. The Balaban J connectivity index is 1.59. The summed E-state index contributed by atoms with van der Waals surface area (Å²) >= 11 is 0. The Kier molecular flexibility index (Phi) is 5.17. The summed E-state index contributed by atoms with van der Waals surface area (Å²) in [5.74, 6) is -0.422. The highest BCUT2D eigenvalue weighted by atomic mass is 16.2. The molecule has 0 heterocycles. The van der Waals surface area contributed by atoms with Gasteiger partial charge in [-0.2, -0.15) is 0 Å². The first-order valence-electron chi connectivity index (χ1n) is 8.80. The van der Waals surface area contributed by atoms with E-state index >= 15 is 0 Å². The third-order valence-electron chi connectivity index (χ3n) is 4.77. The van der Waals surface area contributed by atoms with Crippen LogP contribution in [0.2, 0.25) is 0 Å². The first-order chi connectivity index (χ1) is 12.0. The molecule has 0 spiro atoms. The number of aryl methyl sites for hydroxylation is 4. The van der Waals surface area contributed by atoms with Crippen LogP contribution in [0.25, 0.3) is 0 Å². The van der Waals surface area contributed by atoms with Crippen LogP contribution in [0.5, 0.6) is 0 Å². The van der Waals surface area contributed by atoms with E-state index in [1.807, 2.05) is 50.2 Å². The number of carbonyl (C=O) groups is 2. The van der Waals surface area contributed by atoms with Crippen molar-refractivity contribution in [1.29, 1.82) is 0 Å². The molecular formula is C21H24N2O2. The number of hydrogen-bond acceptors (Lipinski definition) is 2. The molecule has 25 heavy (non-hydrogen) atoms. The van der Waals surface area contributed by atoms with Crippen LogP contribution in [0.4, 0.5) is 5.69 Å². The summed E-state index contributed by atoms with van der Waals surface area (Å²) in [7, 11) is 0. The first kappa shape index (κ1) is 17.2. The van der Waals surface area contributed by atoms with Crippen molar-refractivity contribution in [3.05, 3.63) is 64.2 Å². The standard InChI is InChI=1S/C21H24N2O2/c1-14-6-5-7-15(2)20(14)23-19(24)13-22-21(25)18-11-10-16-8-3-4-9-17(16)12-18/h5-7,10-12H,3-4,8-9,13H2,1-2H3,(H,22,25)(H,23,24). The van der Waals surface area contributed by atoms with Crippen molar-refractivity contribution >= 4 is 17.5 Å². The minimum atomic E-state index is -0.219. The van der Waals surface area contributed by atoms with Gasteiger partial charge in [-0.1, -0.05) is 24.3 Å². The Hall–Kier alpha value is -2.62. The summed E-state index contributed by atoms with van der Waals surface area (Å²) in [5, 5.41) is 5.60. The van der Waals surface area contributed by atoms with Crippen molar-refractivity contribution in [2.24, 2.45) is 0 Å². The molecule has 0 radical (unpaired) electrons. The van der Waals surface area contributed by atoms with Gasteiger partial charge in [0.1, 0.15) is 0 Å². The molecule has 2 N–H and O–H groups in total. The lowest BCUT2D eigenvalue weighted by Crippen LogP contribution is -2.33. The highest BCUT2D eigenvalue weighted by Gasteiger charge is 2.14. The maximum atomic E-state index is 12.3. The maximum absolute atomic E-state index is 12.3. The van der Waals surface area contributed by atoms with Crippen molar-refractivity contribution in [2.45, 2.75) is 39.5 Å². The lowest BCUT2D eigenvalue weighted by molar-refractivity contribution is -0.115. The Bertz CT molecular complexity index is 791. The Morgan fingerprint density at radius 1 is 0.960 bits per heavy atom. The highest BCUT2D eigenvalue weighted by Crippen LogP contribution is 2.22. The quantitative estimate of drug-likeness (QED) is 0.897. The molecule has 4 nitrogen and oxygen atoms in total. The van der Waals surface area contributed by atoms with Crippen LogP contribution < -0.4 is 10.6 Å². The molecule has 1 aliphatic rings. The molecule has 0 saturated heterocycles. The molecule has 0 unspecified atom stereocenters. The van der Waals surface area contributed by atoms with Crippen LogP contribution in [-0.4, -0.2) is 18.4 Å². The van der Waals surface area contributed by atoms with Crippen molar-refractivity contribution in [3.63, 3.8) is 0 Å². The minimum absolute atomic E-state index is 0.0380. The summed E-state index contributed by atoms with van der Waals surface area (Å²) in [5.41, 5.74) is 6.06. The molecule has 0 fully saturated rings. The molecule has 0 atom stereocenters. The predicted octanol–water partition coefficient (Wildman–Crippen LogP) is 3.55. The van der Waals surface area contributed by atoms with Crippen LogP contribution in [0, 0.1) is 13.8 Å². The number of para-hydroxylation sites is 1. The summed E-state index contributed by atoms with van der Waals surface area (Å²) in [4.78, 5) is 24.5. The van der Waals surface area contributed by atoms with E-state index in [9.17, 15) is 9.59 Å². The maximum Gasteiger partial charge on any atom is 0.251 e. The van der Waals surface area contributed by atoms with Gasteiger partial charge in [0.2, 0.25) is 5.91 Å². The second kappa shape index (κ2) is 7.51. The number of anilines is 1. The zero-order valence-electron chi connectivity index (χ0n) is 14.8. The Labute approximate surface area is 148 Å². The van der Waals surface area contributed by atoms with Crippen LogP contribution in [0.15, 0.2) is 36.4 Å². The van der Waals surface area contributed by atoms with E-state index < -0.39 is 0 Å². The molecular weight excluding hydrogens is 312 g/mol. The molecule has 0 aromatic heterocycles. The van der Waals surface area contributed by atoms with Gasteiger partial charge in [-0.25, -0.2) is 0 Å². The number of carbonyl (C=O) groups excluding carboxylic acids is 2. The van der Waals surface area contributed by atoms with Crippen molar-refractivity contribution in [1.82, 2.24) is 5.32 Å². The van der Waals surface area contributed by atoms with Gasteiger partial charge in [0.15, 0.2) is 0 Å². The number of amides is 2. The summed E-state index contributed by atoms with van der Waals surface area (Å²) in [6, 6.07) is 11.7. The topological polar surface area (TPSA) is 58.2 Å². The average Bonchev–Trinajstić information content (AvgIpc) is 2.62. The Morgan fingerprint density at radius 2 is 1.64 bits per heavy atom. The van der Waals surface area contributed by atoms with Crippen LogP contribution in [0.3, 0.4) is 0 Å². The second-order valence-electron chi connectivity index (χ2n) is 6.69. The van der Waals surface area contributed by atoms with Gasteiger partial charge in [0, 0.05) is 11.3 Å². The third kappa shape index (κ3) is 4.08. The zero-order valence-corrected chi connectivity index (χ0v) is 14.8. The van der Waals surface area contributed by atoms with Gasteiger partial charge in [-0.3, -0.25) is 9.59 Å². The normalized spacial score (nSPS) is 13.0. The molecule has 0 saturated carbocycles. The fourth-order valence-corrected chi connectivity index (χ4v) is 3.33. The summed E-state index contributed by atoms with van der Waals surface area (Å²) in [6.07, 6.45) is 4.52. The monoisotopic (exact) mass is 336 g/mol. The SMILES string of the molecule is Cc1cccc(C)c1NC(=O)CNC(=O)c1ccc2c(c1)CCCC2. The zero-order chi connectivity index (χ0) is 17.8. The van der Waals surface area contributed by atoms with E-state index in [1.165, 1.54) is 24.0 Å². The fourth-order valence-electron chi connectivity index (χ4n) is 3.33. The molecule has 4 heteroatoms. The number of nitrogens with one attached hydrogen (secondary N) is 2. The van der Waals surface area contributed by atoms with Crippen molar-refractivity contribution < 1.29 is 9.59 Å². The van der Waals surface area contributed by atoms with Crippen LogP contribution in [0.1, 0.15) is 45.5 Å². The predicted molar refractivity (Wildman–Crippen MR) is 100.0 cm³/mol. The molecule has 130 valence electrons. The molecule has 2 amide bonds. The number of rotatable bonds is 4. The molecule has 0 bridgehead atoms. The van der Waals surface area contributed by atoms with Gasteiger partial charge >= 0.3 is 0 Å². The number of fused-ring (bicyclic) bond motifs is 1. The molecule has 2 aromatic carbocycles. The average molecular weight is 336 g/mol. The van der Waals surface area contributed by atoms with Crippen molar-refractivity contribution in [3.8, 4) is 0 Å². The molecule has 3 rings (SSSR count). The first-order valence-corrected chi connectivity index (χ1v) is 8.80. The van der Waals surface area contributed by atoms with E-state index in [0.717, 1.165) is 29.7 Å². The lowest BCUT2D eigenvalue weighted by atomic mass is 9.90. The largest absolute Gasteiger partial charge is 0.343 e. The van der Waals surface area contributed by atoms with Crippen LogP contribution >= 0.6 is 0 Å². The van der Waals surface area contributed by atoms with Gasteiger partial charge in [-0.15, -0.1) is 0 Å². The fraction of sp³-hybridized carbons (Fsp3) is 0.333. The van der Waals surface area contributed by atoms with E-state index in [-0.39, 0.29) is 18.4 Å². The van der Waals surface area contributed by atoms with Crippen molar-refractivity contribution in [2.75, 3.05) is 11.9 Å². The third-order valence-corrected chi connectivity index (χ3v) is 4.77. The second-order valence-corrected chi connectivity index (χ2v) is 6.69. The lowest BCUT2D eigenvalue weighted by Gasteiger charge is -2.16. The number of hydrogen-bond donors (Lipinski definition) is 2.